The lowest BCUT2D eigenvalue weighted by Crippen LogP contribution is -2.27. The molecule has 322 valence electrons. The lowest BCUT2D eigenvalue weighted by molar-refractivity contribution is -0.141. The molecule has 5 rings (SSSR count). The average molecular weight is 829 g/mol. The second-order valence-electron chi connectivity index (χ2n) is 14.8. The summed E-state index contributed by atoms with van der Waals surface area (Å²) in [6.45, 7) is 9.03. The number of ether oxygens (including phenoxy) is 9. The van der Waals surface area contributed by atoms with Gasteiger partial charge in [0.15, 0.2) is 11.5 Å². The maximum atomic E-state index is 12.9. The molecular formula is C47H56O13. The molecule has 0 aromatic heterocycles. The predicted octanol–water partition coefficient (Wildman–Crippen LogP) is 8.27. The van der Waals surface area contributed by atoms with Gasteiger partial charge in [-0.3, -0.25) is 9.59 Å². The summed E-state index contributed by atoms with van der Waals surface area (Å²) in [7, 11) is 1.60. The zero-order valence-electron chi connectivity index (χ0n) is 34.4. The van der Waals surface area contributed by atoms with Crippen molar-refractivity contribution in [3.8, 4) is 40.2 Å². The molecule has 0 radical (unpaired) electrons. The number of methoxy groups -OCH3 is 1. The zero-order chi connectivity index (χ0) is 42.5. The quantitative estimate of drug-likeness (QED) is 0.0391. The Bertz CT molecular complexity index is 1840. The molecule has 13 heteroatoms. The monoisotopic (exact) mass is 828 g/mol. The standard InChI is InChI=1S/C47H56O13/c1-4-44(48)55-28-6-26-53-37-16-20-39(21-17-37)59-46(50)35-12-8-33(9-13-35)31-57-41-24-25-42(43(30-41)52-3)58-32-34-10-14-36(15-11-34)47(51)60-40-22-18-38(19-23-40)54-27-7-29-56-45(49)5-2/h4-5,16-25,30,33-36H,1-2,6-15,26-29,31-32H2,3H3. The van der Waals surface area contributed by atoms with E-state index in [-0.39, 0.29) is 37.0 Å². The summed E-state index contributed by atoms with van der Waals surface area (Å²) in [5.41, 5.74) is 0. The fraction of sp³-hybridized carbons (Fsp3) is 0.447. The minimum absolute atomic E-state index is 0.165. The van der Waals surface area contributed by atoms with Crippen molar-refractivity contribution in [2.75, 3.05) is 46.8 Å². The topological polar surface area (TPSA) is 151 Å². The summed E-state index contributed by atoms with van der Waals surface area (Å²) in [5, 5.41) is 0. The lowest BCUT2D eigenvalue weighted by atomic mass is 9.82. The second-order valence-corrected chi connectivity index (χ2v) is 14.8. The van der Waals surface area contributed by atoms with Crippen molar-refractivity contribution in [3.63, 3.8) is 0 Å². The van der Waals surface area contributed by atoms with Crippen LogP contribution in [0.25, 0.3) is 0 Å². The van der Waals surface area contributed by atoms with Crippen molar-refractivity contribution in [3.05, 3.63) is 92.0 Å². The fourth-order valence-corrected chi connectivity index (χ4v) is 6.98. The van der Waals surface area contributed by atoms with Gasteiger partial charge >= 0.3 is 23.9 Å². The van der Waals surface area contributed by atoms with Gasteiger partial charge in [-0.2, -0.15) is 0 Å². The van der Waals surface area contributed by atoms with Crippen LogP contribution in [-0.4, -0.2) is 70.6 Å². The van der Waals surface area contributed by atoms with Gasteiger partial charge in [-0.1, -0.05) is 13.2 Å². The maximum Gasteiger partial charge on any atom is 0.330 e. The number of esters is 4. The number of hydrogen-bond donors (Lipinski definition) is 0. The summed E-state index contributed by atoms with van der Waals surface area (Å²) in [6, 6.07) is 19.4. The van der Waals surface area contributed by atoms with E-state index in [1.54, 1.807) is 55.6 Å². The average Bonchev–Trinajstić information content (AvgIpc) is 3.28. The van der Waals surface area contributed by atoms with Gasteiger partial charge in [0.1, 0.15) is 28.7 Å². The zero-order valence-corrected chi connectivity index (χ0v) is 34.4. The van der Waals surface area contributed by atoms with Crippen molar-refractivity contribution in [1.29, 1.82) is 0 Å². The Balaban J connectivity index is 0.943. The number of hydrogen-bond acceptors (Lipinski definition) is 13. The van der Waals surface area contributed by atoms with Crippen LogP contribution < -0.4 is 33.2 Å². The Kier molecular flexibility index (Phi) is 18.2. The molecule has 60 heavy (non-hydrogen) atoms. The van der Waals surface area contributed by atoms with Gasteiger partial charge in [-0.15, -0.1) is 0 Å². The molecule has 0 unspecified atom stereocenters. The van der Waals surface area contributed by atoms with Crippen LogP contribution >= 0.6 is 0 Å². The van der Waals surface area contributed by atoms with E-state index in [0.717, 1.165) is 63.5 Å². The molecule has 0 bridgehead atoms. The number of carbonyl (C=O) groups excluding carboxylic acids is 4. The van der Waals surface area contributed by atoms with Crippen molar-refractivity contribution in [1.82, 2.24) is 0 Å². The van der Waals surface area contributed by atoms with Crippen LogP contribution in [0.2, 0.25) is 0 Å². The predicted molar refractivity (Wildman–Crippen MR) is 222 cm³/mol. The molecule has 0 heterocycles. The van der Waals surface area contributed by atoms with Gasteiger partial charge in [0, 0.05) is 31.1 Å². The molecule has 0 saturated heterocycles. The first-order valence-electron chi connectivity index (χ1n) is 20.6. The van der Waals surface area contributed by atoms with Crippen molar-refractivity contribution < 1.29 is 61.8 Å². The van der Waals surface area contributed by atoms with Crippen molar-refractivity contribution in [2.24, 2.45) is 23.7 Å². The highest BCUT2D eigenvalue weighted by molar-refractivity contribution is 5.81. The van der Waals surface area contributed by atoms with Crippen molar-refractivity contribution in [2.45, 2.75) is 64.2 Å². The molecule has 0 aliphatic heterocycles. The van der Waals surface area contributed by atoms with E-state index in [9.17, 15) is 19.2 Å². The van der Waals surface area contributed by atoms with Gasteiger partial charge in [0.2, 0.25) is 0 Å². The Morgan fingerprint density at radius 3 is 1.37 bits per heavy atom. The minimum Gasteiger partial charge on any atom is -0.493 e. The molecule has 3 aromatic carbocycles. The molecule has 3 aromatic rings. The molecule has 13 nitrogen and oxygen atoms in total. The second kappa shape index (κ2) is 24.2. The molecular weight excluding hydrogens is 773 g/mol. The molecule has 0 N–H and O–H groups in total. The van der Waals surface area contributed by atoms with Crippen LogP contribution in [0.5, 0.6) is 40.2 Å². The van der Waals surface area contributed by atoms with Gasteiger partial charge in [0.25, 0.3) is 0 Å². The highest BCUT2D eigenvalue weighted by Gasteiger charge is 2.30. The number of rotatable bonds is 23. The Hall–Kier alpha value is -5.98. The summed E-state index contributed by atoms with van der Waals surface area (Å²) in [5.74, 6) is 3.03. The first-order valence-corrected chi connectivity index (χ1v) is 20.6. The Morgan fingerprint density at radius 1 is 0.517 bits per heavy atom. The van der Waals surface area contributed by atoms with Gasteiger partial charge in [0.05, 0.1) is 58.6 Å². The number of benzene rings is 3. The van der Waals surface area contributed by atoms with Crippen LogP contribution in [0.3, 0.4) is 0 Å². The highest BCUT2D eigenvalue weighted by atomic mass is 16.6. The van der Waals surface area contributed by atoms with E-state index in [1.807, 2.05) is 18.2 Å². The van der Waals surface area contributed by atoms with Gasteiger partial charge in [-0.05, 0) is 124 Å². The van der Waals surface area contributed by atoms with Crippen molar-refractivity contribution >= 4 is 23.9 Å². The minimum atomic E-state index is -0.460. The van der Waals surface area contributed by atoms with E-state index in [1.165, 1.54) is 0 Å². The van der Waals surface area contributed by atoms with E-state index in [4.69, 9.17) is 42.6 Å². The largest absolute Gasteiger partial charge is 0.493 e. The maximum absolute atomic E-state index is 12.9. The lowest BCUT2D eigenvalue weighted by Gasteiger charge is -2.27. The van der Waals surface area contributed by atoms with Gasteiger partial charge in [-0.25, -0.2) is 9.59 Å². The van der Waals surface area contributed by atoms with Crippen LogP contribution in [0.4, 0.5) is 0 Å². The molecule has 0 spiro atoms. The molecule has 0 amide bonds. The smallest absolute Gasteiger partial charge is 0.330 e. The van der Waals surface area contributed by atoms with Crippen LogP contribution in [0.1, 0.15) is 64.2 Å². The Labute approximate surface area is 351 Å². The third-order valence-corrected chi connectivity index (χ3v) is 10.5. The molecule has 0 atom stereocenters. The molecule has 2 saturated carbocycles. The SMILES string of the molecule is C=CC(=O)OCCCOc1ccc(OC(=O)C2CCC(COc3ccc(OCC4CCC(C(=O)Oc5ccc(OCCCOC(=O)C=C)cc5)CC4)c(OC)c3)CC2)cc1. The van der Waals surface area contributed by atoms with Crippen LogP contribution in [0.15, 0.2) is 92.0 Å². The third kappa shape index (κ3) is 15.0. The van der Waals surface area contributed by atoms with E-state index >= 15 is 0 Å². The molecule has 2 fully saturated rings. The Morgan fingerprint density at radius 2 is 0.933 bits per heavy atom. The molecule has 2 aliphatic carbocycles. The summed E-state index contributed by atoms with van der Waals surface area (Å²) in [4.78, 5) is 48.0. The first kappa shape index (κ1) is 45.1. The summed E-state index contributed by atoms with van der Waals surface area (Å²) in [6.07, 6.45) is 9.66. The van der Waals surface area contributed by atoms with Gasteiger partial charge < -0.3 is 42.6 Å². The van der Waals surface area contributed by atoms with Crippen LogP contribution in [0, 0.1) is 23.7 Å². The first-order chi connectivity index (χ1) is 29.2. The summed E-state index contributed by atoms with van der Waals surface area (Å²) < 4.78 is 50.5. The fourth-order valence-electron chi connectivity index (χ4n) is 6.98. The third-order valence-electron chi connectivity index (χ3n) is 10.5. The normalized spacial score (nSPS) is 18.5. The number of carbonyl (C=O) groups is 4. The molecule has 2 aliphatic rings. The summed E-state index contributed by atoms with van der Waals surface area (Å²) >= 11 is 0. The highest BCUT2D eigenvalue weighted by Crippen LogP contribution is 2.36. The van der Waals surface area contributed by atoms with E-state index in [2.05, 4.69) is 13.2 Å². The van der Waals surface area contributed by atoms with E-state index < -0.39 is 11.9 Å². The van der Waals surface area contributed by atoms with Crippen LogP contribution in [-0.2, 0) is 28.7 Å². The van der Waals surface area contributed by atoms with E-state index in [0.29, 0.717) is 91.4 Å².